The van der Waals surface area contributed by atoms with Crippen molar-refractivity contribution < 1.29 is 23.0 Å². The van der Waals surface area contributed by atoms with Gasteiger partial charge in [0.2, 0.25) is 6.79 Å². The second-order valence-electron chi connectivity index (χ2n) is 6.22. The van der Waals surface area contributed by atoms with Crippen LogP contribution in [0.25, 0.3) is 0 Å². The molecule has 1 heterocycles. The summed E-state index contributed by atoms with van der Waals surface area (Å²) >= 11 is 0. The summed E-state index contributed by atoms with van der Waals surface area (Å²) in [5, 5.41) is 3.56. The number of hydrogen-bond acceptors (Lipinski definition) is 4. The molecule has 4 nitrogen and oxygen atoms in total. The van der Waals surface area contributed by atoms with Crippen molar-refractivity contribution in [3.8, 4) is 17.2 Å². The molecule has 0 saturated heterocycles. The number of benzene rings is 2. The lowest BCUT2D eigenvalue weighted by Gasteiger charge is -2.27. The molecule has 25 heavy (non-hydrogen) atoms. The average molecular weight is 347 g/mol. The van der Waals surface area contributed by atoms with E-state index < -0.39 is 6.61 Å². The Labute approximate surface area is 144 Å². The SMILES string of the molecule is FC(F)Oc1ccc2c(c1)CCC[C@@H]2NCc1cccc2c1OCO2. The first-order chi connectivity index (χ1) is 12.2. The summed E-state index contributed by atoms with van der Waals surface area (Å²) in [6.45, 7) is -1.88. The van der Waals surface area contributed by atoms with Crippen molar-refractivity contribution in [2.45, 2.75) is 38.5 Å². The van der Waals surface area contributed by atoms with Gasteiger partial charge in [0.1, 0.15) is 5.75 Å². The standard InChI is InChI=1S/C19H19F2NO3/c20-19(21)25-14-7-8-15-12(9-14)3-1-5-16(15)22-10-13-4-2-6-17-18(13)24-11-23-17/h2,4,6-9,16,19,22H,1,3,5,10-11H2/t16-/m0/s1. The molecule has 1 aliphatic carbocycles. The highest BCUT2D eigenvalue weighted by atomic mass is 19.3. The van der Waals surface area contributed by atoms with E-state index in [-0.39, 0.29) is 18.6 Å². The lowest BCUT2D eigenvalue weighted by atomic mass is 9.87. The minimum atomic E-state index is -2.79. The van der Waals surface area contributed by atoms with Crippen LogP contribution in [0, 0.1) is 0 Å². The van der Waals surface area contributed by atoms with Gasteiger partial charge in [-0.15, -0.1) is 0 Å². The molecule has 0 amide bonds. The van der Waals surface area contributed by atoms with Crippen molar-refractivity contribution in [3.05, 3.63) is 53.1 Å². The molecule has 6 heteroatoms. The van der Waals surface area contributed by atoms with Crippen molar-refractivity contribution >= 4 is 0 Å². The Morgan fingerprint density at radius 3 is 3.00 bits per heavy atom. The van der Waals surface area contributed by atoms with E-state index in [9.17, 15) is 8.78 Å². The van der Waals surface area contributed by atoms with Gasteiger partial charge >= 0.3 is 6.61 Å². The number of halogens is 2. The molecule has 1 aliphatic heterocycles. The molecule has 0 unspecified atom stereocenters. The van der Waals surface area contributed by atoms with Gasteiger partial charge in [-0.05, 0) is 48.6 Å². The van der Waals surface area contributed by atoms with Crippen LogP contribution in [0.3, 0.4) is 0 Å². The van der Waals surface area contributed by atoms with E-state index in [0.29, 0.717) is 6.54 Å². The Morgan fingerprint density at radius 1 is 1.20 bits per heavy atom. The summed E-state index contributed by atoms with van der Waals surface area (Å²) < 4.78 is 40.2. The van der Waals surface area contributed by atoms with Crippen LogP contribution in [0.1, 0.15) is 35.6 Å². The first-order valence-corrected chi connectivity index (χ1v) is 8.39. The zero-order valence-corrected chi connectivity index (χ0v) is 13.6. The van der Waals surface area contributed by atoms with Crippen molar-refractivity contribution in [1.29, 1.82) is 0 Å². The van der Waals surface area contributed by atoms with Crippen molar-refractivity contribution in [2.75, 3.05) is 6.79 Å². The van der Waals surface area contributed by atoms with Gasteiger partial charge in [-0.3, -0.25) is 0 Å². The van der Waals surface area contributed by atoms with Crippen LogP contribution in [0.2, 0.25) is 0 Å². The lowest BCUT2D eigenvalue weighted by Crippen LogP contribution is -2.25. The van der Waals surface area contributed by atoms with Gasteiger partial charge in [0.15, 0.2) is 11.5 Å². The number of rotatable bonds is 5. The predicted octanol–water partition coefficient (Wildman–Crippen LogP) is 4.18. The molecule has 0 bridgehead atoms. The molecule has 2 aromatic carbocycles. The quantitative estimate of drug-likeness (QED) is 0.881. The Morgan fingerprint density at radius 2 is 2.12 bits per heavy atom. The van der Waals surface area contributed by atoms with Gasteiger partial charge in [0.05, 0.1) is 0 Å². The maximum atomic E-state index is 12.4. The second kappa shape index (κ2) is 6.88. The molecule has 0 fully saturated rings. The van der Waals surface area contributed by atoms with Crippen LogP contribution in [0.4, 0.5) is 8.78 Å². The molecule has 1 atom stereocenters. The highest BCUT2D eigenvalue weighted by Crippen LogP contribution is 2.37. The first kappa shape index (κ1) is 16.1. The van der Waals surface area contributed by atoms with Crippen molar-refractivity contribution in [3.63, 3.8) is 0 Å². The van der Waals surface area contributed by atoms with E-state index in [2.05, 4.69) is 10.1 Å². The van der Waals surface area contributed by atoms with Crippen molar-refractivity contribution in [1.82, 2.24) is 5.32 Å². The van der Waals surface area contributed by atoms with Crippen LogP contribution >= 0.6 is 0 Å². The maximum Gasteiger partial charge on any atom is 0.387 e. The predicted molar refractivity (Wildman–Crippen MR) is 88.2 cm³/mol. The topological polar surface area (TPSA) is 39.7 Å². The molecule has 1 N–H and O–H groups in total. The highest BCUT2D eigenvalue weighted by molar-refractivity contribution is 5.48. The van der Waals surface area contributed by atoms with Crippen LogP contribution in [-0.4, -0.2) is 13.4 Å². The van der Waals surface area contributed by atoms with Crippen LogP contribution in [0.15, 0.2) is 36.4 Å². The summed E-state index contributed by atoms with van der Waals surface area (Å²) in [6.07, 6.45) is 2.90. The van der Waals surface area contributed by atoms with Gasteiger partial charge in [-0.25, -0.2) is 0 Å². The fourth-order valence-corrected chi connectivity index (χ4v) is 3.54. The molecule has 0 saturated carbocycles. The van der Waals surface area contributed by atoms with E-state index in [0.717, 1.165) is 47.5 Å². The third-order valence-corrected chi connectivity index (χ3v) is 4.67. The van der Waals surface area contributed by atoms with E-state index in [4.69, 9.17) is 9.47 Å². The van der Waals surface area contributed by atoms with E-state index >= 15 is 0 Å². The minimum Gasteiger partial charge on any atom is -0.454 e. The maximum absolute atomic E-state index is 12.4. The van der Waals surface area contributed by atoms with Crippen LogP contribution in [-0.2, 0) is 13.0 Å². The van der Waals surface area contributed by atoms with Gasteiger partial charge in [-0.2, -0.15) is 8.78 Å². The van der Waals surface area contributed by atoms with Crippen LogP contribution < -0.4 is 19.5 Å². The summed E-state index contributed by atoms with van der Waals surface area (Å²) in [6, 6.07) is 11.3. The first-order valence-electron chi connectivity index (χ1n) is 8.39. The molecular formula is C19H19F2NO3. The number of aryl methyl sites for hydroxylation is 1. The monoisotopic (exact) mass is 347 g/mol. The summed E-state index contributed by atoms with van der Waals surface area (Å²) in [5.41, 5.74) is 3.28. The number of nitrogens with one attached hydrogen (secondary N) is 1. The molecule has 2 aromatic rings. The summed E-state index contributed by atoms with van der Waals surface area (Å²) in [7, 11) is 0. The smallest absolute Gasteiger partial charge is 0.387 e. The Kier molecular flexibility index (Phi) is 4.44. The van der Waals surface area contributed by atoms with Gasteiger partial charge in [0, 0.05) is 18.2 Å². The normalized spacial score (nSPS) is 18.3. The number of para-hydroxylation sites is 1. The zero-order valence-electron chi connectivity index (χ0n) is 13.6. The second-order valence-corrected chi connectivity index (χ2v) is 6.22. The fourth-order valence-electron chi connectivity index (χ4n) is 3.54. The fraction of sp³-hybridized carbons (Fsp3) is 0.368. The van der Waals surface area contributed by atoms with E-state index in [1.54, 1.807) is 12.1 Å². The number of hydrogen-bond donors (Lipinski definition) is 1. The molecule has 0 radical (unpaired) electrons. The van der Waals surface area contributed by atoms with E-state index in [1.807, 2.05) is 24.3 Å². The Hall–Kier alpha value is -2.34. The molecule has 2 aliphatic rings. The molecular weight excluding hydrogens is 328 g/mol. The lowest BCUT2D eigenvalue weighted by molar-refractivity contribution is -0.0499. The summed E-state index contributed by atoms with van der Waals surface area (Å²) in [4.78, 5) is 0. The molecule has 0 spiro atoms. The summed E-state index contributed by atoms with van der Waals surface area (Å²) in [5.74, 6) is 1.80. The Bertz CT molecular complexity index is 766. The Balaban J connectivity index is 1.49. The molecule has 0 aromatic heterocycles. The number of ether oxygens (including phenoxy) is 3. The average Bonchev–Trinajstić information content (AvgIpc) is 3.08. The van der Waals surface area contributed by atoms with Gasteiger partial charge in [-0.1, -0.05) is 18.2 Å². The largest absolute Gasteiger partial charge is 0.454 e. The third kappa shape index (κ3) is 3.39. The highest BCUT2D eigenvalue weighted by Gasteiger charge is 2.22. The zero-order chi connectivity index (χ0) is 17.2. The number of alkyl halides is 2. The van der Waals surface area contributed by atoms with Gasteiger partial charge < -0.3 is 19.5 Å². The van der Waals surface area contributed by atoms with Crippen molar-refractivity contribution in [2.24, 2.45) is 0 Å². The number of fused-ring (bicyclic) bond motifs is 2. The third-order valence-electron chi connectivity index (χ3n) is 4.67. The van der Waals surface area contributed by atoms with E-state index in [1.165, 1.54) is 0 Å². The molecule has 132 valence electrons. The van der Waals surface area contributed by atoms with Crippen LogP contribution in [0.5, 0.6) is 17.2 Å². The molecule has 4 rings (SSSR count). The minimum absolute atomic E-state index is 0.183. The van der Waals surface area contributed by atoms with Gasteiger partial charge in [0.25, 0.3) is 0 Å².